The van der Waals surface area contributed by atoms with Gasteiger partial charge >= 0.3 is 0 Å². The molecule has 2 aromatic carbocycles. The number of hydrogen-bond donors (Lipinski definition) is 2. The maximum Gasteiger partial charge on any atom is 0.135 e. The van der Waals surface area contributed by atoms with Crippen molar-refractivity contribution in [1.29, 1.82) is 0 Å². The first-order valence-electron chi connectivity index (χ1n) is 6.92. The highest BCUT2D eigenvalue weighted by atomic mass is 16.5. The Morgan fingerprint density at radius 3 is 2.13 bits per heavy atom. The second kappa shape index (κ2) is 7.40. The van der Waals surface area contributed by atoms with Gasteiger partial charge in [0.25, 0.3) is 0 Å². The standard InChI is InChI=1S/C17H19NO5/c1-21-12-6-4-11(5-7-12)8-14(18-20)17-15(19)9-13(22-2)10-16(17)23-3/h4-7,9-10,19-20H,8H2,1-3H3/b18-14+. The SMILES string of the molecule is COc1ccc(C/C(=N\O)c2c(O)cc(OC)cc2OC)cc1. The number of aromatic hydroxyl groups is 1. The molecule has 0 atom stereocenters. The molecule has 0 aromatic heterocycles. The molecule has 0 aliphatic carbocycles. The lowest BCUT2D eigenvalue weighted by atomic mass is 10.00. The minimum absolute atomic E-state index is 0.0810. The first kappa shape index (κ1) is 16.5. The van der Waals surface area contributed by atoms with Crippen LogP contribution in [0, 0.1) is 0 Å². The predicted molar refractivity (Wildman–Crippen MR) is 86.2 cm³/mol. The van der Waals surface area contributed by atoms with E-state index in [0.29, 0.717) is 23.5 Å². The molecular weight excluding hydrogens is 298 g/mol. The Hall–Kier alpha value is -2.89. The average Bonchev–Trinajstić information content (AvgIpc) is 2.59. The number of rotatable bonds is 6. The first-order valence-corrected chi connectivity index (χ1v) is 6.92. The second-order valence-electron chi connectivity index (χ2n) is 4.80. The molecule has 0 heterocycles. The fourth-order valence-corrected chi connectivity index (χ4v) is 2.26. The summed E-state index contributed by atoms with van der Waals surface area (Å²) in [6, 6.07) is 10.4. The van der Waals surface area contributed by atoms with Crippen LogP contribution in [0.25, 0.3) is 0 Å². The minimum Gasteiger partial charge on any atom is -0.507 e. The van der Waals surface area contributed by atoms with Gasteiger partial charge in [-0.2, -0.15) is 0 Å². The topological polar surface area (TPSA) is 80.5 Å². The molecule has 6 heteroatoms. The molecular formula is C17H19NO5. The smallest absolute Gasteiger partial charge is 0.135 e. The van der Waals surface area contributed by atoms with Crippen molar-refractivity contribution < 1.29 is 24.5 Å². The van der Waals surface area contributed by atoms with Crippen LogP contribution >= 0.6 is 0 Å². The largest absolute Gasteiger partial charge is 0.507 e. The lowest BCUT2D eigenvalue weighted by Crippen LogP contribution is -2.08. The van der Waals surface area contributed by atoms with E-state index in [4.69, 9.17) is 14.2 Å². The van der Waals surface area contributed by atoms with Crippen molar-refractivity contribution in [1.82, 2.24) is 0 Å². The Bertz CT molecular complexity index is 695. The summed E-state index contributed by atoms with van der Waals surface area (Å²) in [7, 11) is 4.56. The van der Waals surface area contributed by atoms with Gasteiger partial charge in [-0.1, -0.05) is 17.3 Å². The Morgan fingerprint density at radius 2 is 1.61 bits per heavy atom. The van der Waals surface area contributed by atoms with Gasteiger partial charge in [-0.15, -0.1) is 0 Å². The van der Waals surface area contributed by atoms with Gasteiger partial charge in [0, 0.05) is 18.6 Å². The zero-order chi connectivity index (χ0) is 16.8. The van der Waals surface area contributed by atoms with Gasteiger partial charge in [-0.3, -0.25) is 0 Å². The highest BCUT2D eigenvalue weighted by Gasteiger charge is 2.18. The van der Waals surface area contributed by atoms with Gasteiger partial charge in [0.05, 0.1) is 32.6 Å². The van der Waals surface area contributed by atoms with Crippen molar-refractivity contribution in [2.24, 2.45) is 5.16 Å². The van der Waals surface area contributed by atoms with Crippen LogP contribution in [0.5, 0.6) is 23.0 Å². The molecule has 0 amide bonds. The predicted octanol–water partition coefficient (Wildman–Crippen LogP) is 2.84. The van der Waals surface area contributed by atoms with Crippen LogP contribution in [-0.2, 0) is 6.42 Å². The molecule has 0 saturated heterocycles. The van der Waals surface area contributed by atoms with Crippen molar-refractivity contribution in [3.63, 3.8) is 0 Å². The lowest BCUT2D eigenvalue weighted by Gasteiger charge is -2.14. The highest BCUT2D eigenvalue weighted by Crippen LogP contribution is 2.34. The molecule has 2 aromatic rings. The number of ether oxygens (including phenoxy) is 3. The molecule has 0 aliphatic rings. The van der Waals surface area contributed by atoms with E-state index in [1.165, 1.54) is 20.3 Å². The summed E-state index contributed by atoms with van der Waals surface area (Å²) >= 11 is 0. The zero-order valence-corrected chi connectivity index (χ0v) is 13.2. The van der Waals surface area contributed by atoms with Crippen LogP contribution in [-0.4, -0.2) is 37.4 Å². The third kappa shape index (κ3) is 3.66. The molecule has 0 aliphatic heterocycles. The van der Waals surface area contributed by atoms with Crippen LogP contribution in [0.4, 0.5) is 0 Å². The van der Waals surface area contributed by atoms with E-state index in [0.717, 1.165) is 11.3 Å². The van der Waals surface area contributed by atoms with Crippen LogP contribution < -0.4 is 14.2 Å². The molecule has 6 nitrogen and oxygen atoms in total. The van der Waals surface area contributed by atoms with E-state index in [1.807, 2.05) is 24.3 Å². The summed E-state index contributed by atoms with van der Waals surface area (Å²) in [5.74, 6) is 1.47. The second-order valence-corrected chi connectivity index (χ2v) is 4.80. The molecule has 122 valence electrons. The highest BCUT2D eigenvalue weighted by molar-refractivity contribution is 6.06. The van der Waals surface area contributed by atoms with Gasteiger partial charge in [0.1, 0.15) is 23.0 Å². The zero-order valence-electron chi connectivity index (χ0n) is 13.2. The Balaban J connectivity index is 2.37. The monoisotopic (exact) mass is 317 g/mol. The van der Waals surface area contributed by atoms with E-state index < -0.39 is 0 Å². The van der Waals surface area contributed by atoms with Gasteiger partial charge in [-0.25, -0.2) is 0 Å². The molecule has 0 unspecified atom stereocenters. The first-order chi connectivity index (χ1) is 11.1. The molecule has 23 heavy (non-hydrogen) atoms. The van der Waals surface area contributed by atoms with E-state index in [-0.39, 0.29) is 11.5 Å². The lowest BCUT2D eigenvalue weighted by molar-refractivity contribution is 0.317. The Labute approximate surface area is 134 Å². The maximum absolute atomic E-state index is 10.2. The number of hydrogen-bond acceptors (Lipinski definition) is 6. The van der Waals surface area contributed by atoms with Crippen molar-refractivity contribution in [2.75, 3.05) is 21.3 Å². The molecule has 0 spiro atoms. The van der Waals surface area contributed by atoms with Crippen molar-refractivity contribution in [2.45, 2.75) is 6.42 Å². The van der Waals surface area contributed by atoms with Crippen molar-refractivity contribution >= 4 is 5.71 Å². The van der Waals surface area contributed by atoms with E-state index >= 15 is 0 Å². The van der Waals surface area contributed by atoms with Gasteiger partial charge < -0.3 is 24.5 Å². The molecule has 0 bridgehead atoms. The van der Waals surface area contributed by atoms with E-state index in [1.54, 1.807) is 13.2 Å². The molecule has 2 rings (SSSR count). The number of phenolic OH excluding ortho intramolecular Hbond substituents is 1. The summed E-state index contributed by atoms with van der Waals surface area (Å²) in [5, 5.41) is 22.9. The fourth-order valence-electron chi connectivity index (χ4n) is 2.26. The Morgan fingerprint density at radius 1 is 0.957 bits per heavy atom. The van der Waals surface area contributed by atoms with Gasteiger partial charge in [0.15, 0.2) is 0 Å². The average molecular weight is 317 g/mol. The number of oxime groups is 1. The summed E-state index contributed by atoms with van der Waals surface area (Å²) < 4.78 is 15.5. The van der Waals surface area contributed by atoms with E-state index in [2.05, 4.69) is 5.16 Å². The van der Waals surface area contributed by atoms with Crippen LogP contribution in [0.15, 0.2) is 41.6 Å². The summed E-state index contributed by atoms with van der Waals surface area (Å²) in [6.45, 7) is 0. The third-order valence-corrected chi connectivity index (χ3v) is 3.45. The molecule has 2 N–H and O–H groups in total. The quantitative estimate of drug-likeness (QED) is 0.486. The van der Waals surface area contributed by atoms with Gasteiger partial charge in [0.2, 0.25) is 0 Å². The normalized spacial score (nSPS) is 11.2. The van der Waals surface area contributed by atoms with Crippen molar-refractivity contribution in [3.8, 4) is 23.0 Å². The van der Waals surface area contributed by atoms with E-state index in [9.17, 15) is 10.3 Å². The molecule has 0 radical (unpaired) electrons. The maximum atomic E-state index is 10.2. The summed E-state index contributed by atoms with van der Waals surface area (Å²) in [5.41, 5.74) is 1.51. The van der Waals surface area contributed by atoms with Crippen LogP contribution in [0.1, 0.15) is 11.1 Å². The number of nitrogens with zero attached hydrogens (tertiary/aromatic N) is 1. The number of benzene rings is 2. The number of phenols is 1. The van der Waals surface area contributed by atoms with Crippen LogP contribution in [0.3, 0.4) is 0 Å². The Kier molecular flexibility index (Phi) is 5.30. The van der Waals surface area contributed by atoms with Crippen molar-refractivity contribution in [3.05, 3.63) is 47.5 Å². The fraction of sp³-hybridized carbons (Fsp3) is 0.235. The van der Waals surface area contributed by atoms with Gasteiger partial charge in [-0.05, 0) is 17.7 Å². The summed E-state index contributed by atoms with van der Waals surface area (Å²) in [6.07, 6.45) is 0.316. The van der Waals surface area contributed by atoms with Crippen LogP contribution in [0.2, 0.25) is 0 Å². The summed E-state index contributed by atoms with van der Waals surface area (Å²) in [4.78, 5) is 0. The molecule has 0 fully saturated rings. The minimum atomic E-state index is -0.0810. The molecule has 0 saturated carbocycles. The number of methoxy groups -OCH3 is 3. The third-order valence-electron chi connectivity index (χ3n) is 3.45.